The number of rotatable bonds is 4. The Kier molecular flexibility index (Phi) is 4.10. The molecule has 0 fully saturated rings. The number of ether oxygens (including phenoxy) is 1. The van der Waals surface area contributed by atoms with Crippen LogP contribution in [0.3, 0.4) is 0 Å². The van der Waals surface area contributed by atoms with Crippen LogP contribution in [0.15, 0.2) is 35.8 Å². The van der Waals surface area contributed by atoms with Crippen molar-refractivity contribution in [2.45, 2.75) is 26.4 Å². The molecule has 0 aliphatic heterocycles. The molecule has 0 saturated heterocycles. The summed E-state index contributed by atoms with van der Waals surface area (Å²) in [7, 11) is 0. The third kappa shape index (κ3) is 2.76. The van der Waals surface area contributed by atoms with Gasteiger partial charge >= 0.3 is 5.97 Å². The number of aryl methyl sites for hydroxylation is 1. The van der Waals surface area contributed by atoms with Crippen molar-refractivity contribution in [3.05, 3.63) is 52.0 Å². The second-order valence-corrected chi connectivity index (χ2v) is 4.82. The SMILES string of the molecule is CCC(=O)OC(c1ccccc1)c1scnc1C. The average molecular weight is 261 g/mol. The van der Waals surface area contributed by atoms with Crippen LogP contribution in [-0.2, 0) is 9.53 Å². The van der Waals surface area contributed by atoms with Crippen LogP contribution in [0.2, 0.25) is 0 Å². The van der Waals surface area contributed by atoms with Crippen LogP contribution in [0.1, 0.15) is 35.6 Å². The van der Waals surface area contributed by atoms with Gasteiger partial charge in [-0.3, -0.25) is 4.79 Å². The number of nitrogens with zero attached hydrogens (tertiary/aromatic N) is 1. The van der Waals surface area contributed by atoms with Gasteiger partial charge in [0, 0.05) is 6.42 Å². The lowest BCUT2D eigenvalue weighted by molar-refractivity contribution is -0.147. The lowest BCUT2D eigenvalue weighted by Gasteiger charge is -2.17. The molecule has 18 heavy (non-hydrogen) atoms. The zero-order valence-electron chi connectivity index (χ0n) is 10.4. The first-order chi connectivity index (χ1) is 8.72. The van der Waals surface area contributed by atoms with Crippen LogP contribution in [-0.4, -0.2) is 11.0 Å². The topological polar surface area (TPSA) is 39.2 Å². The fourth-order valence-corrected chi connectivity index (χ4v) is 2.53. The molecule has 94 valence electrons. The summed E-state index contributed by atoms with van der Waals surface area (Å²) in [5.74, 6) is -0.198. The van der Waals surface area contributed by atoms with Crippen LogP contribution in [0, 0.1) is 6.92 Å². The molecule has 1 atom stereocenters. The molecule has 0 N–H and O–H groups in total. The van der Waals surface area contributed by atoms with Crippen LogP contribution < -0.4 is 0 Å². The highest BCUT2D eigenvalue weighted by Gasteiger charge is 2.21. The molecule has 1 aromatic heterocycles. The van der Waals surface area contributed by atoms with Crippen LogP contribution in [0.5, 0.6) is 0 Å². The summed E-state index contributed by atoms with van der Waals surface area (Å²) in [4.78, 5) is 16.8. The number of carbonyl (C=O) groups excluding carboxylic acids is 1. The summed E-state index contributed by atoms with van der Waals surface area (Å²) >= 11 is 1.52. The molecule has 0 radical (unpaired) electrons. The van der Waals surface area contributed by atoms with Crippen molar-refractivity contribution in [2.24, 2.45) is 0 Å². The maximum Gasteiger partial charge on any atom is 0.306 e. The van der Waals surface area contributed by atoms with E-state index in [1.54, 1.807) is 12.4 Å². The minimum atomic E-state index is -0.342. The van der Waals surface area contributed by atoms with Gasteiger partial charge in [-0.05, 0) is 12.5 Å². The Balaban J connectivity index is 2.35. The molecule has 0 aliphatic rings. The van der Waals surface area contributed by atoms with E-state index < -0.39 is 0 Å². The number of hydrogen-bond acceptors (Lipinski definition) is 4. The standard InChI is InChI=1S/C14H15NO2S/c1-3-12(16)17-13(11-7-5-4-6-8-11)14-10(2)15-9-18-14/h4-9,13H,3H2,1-2H3. The predicted molar refractivity (Wildman–Crippen MR) is 71.5 cm³/mol. The molecule has 0 bridgehead atoms. The summed E-state index contributed by atoms with van der Waals surface area (Å²) in [6, 6.07) is 9.76. The van der Waals surface area contributed by atoms with Crippen LogP contribution in [0.4, 0.5) is 0 Å². The monoisotopic (exact) mass is 261 g/mol. The van der Waals surface area contributed by atoms with E-state index in [4.69, 9.17) is 4.74 Å². The molecule has 0 saturated carbocycles. The summed E-state index contributed by atoms with van der Waals surface area (Å²) in [6.07, 6.45) is 0.0346. The number of esters is 1. The third-order valence-corrected chi connectivity index (χ3v) is 3.64. The summed E-state index contributed by atoms with van der Waals surface area (Å²) in [5.41, 5.74) is 3.67. The summed E-state index contributed by atoms with van der Waals surface area (Å²) < 4.78 is 5.54. The van der Waals surface area contributed by atoms with Crippen molar-refractivity contribution in [1.29, 1.82) is 0 Å². The van der Waals surface area contributed by atoms with Gasteiger partial charge in [-0.25, -0.2) is 4.98 Å². The van der Waals surface area contributed by atoms with E-state index >= 15 is 0 Å². The van der Waals surface area contributed by atoms with Crippen LogP contribution >= 0.6 is 11.3 Å². The lowest BCUT2D eigenvalue weighted by atomic mass is 10.1. The number of aromatic nitrogens is 1. The Bertz CT molecular complexity index is 522. The Morgan fingerprint density at radius 1 is 1.39 bits per heavy atom. The third-order valence-electron chi connectivity index (χ3n) is 2.66. The second-order valence-electron chi connectivity index (χ2n) is 3.94. The van der Waals surface area contributed by atoms with E-state index in [0.29, 0.717) is 6.42 Å². The highest BCUT2D eigenvalue weighted by molar-refractivity contribution is 7.09. The normalized spacial score (nSPS) is 12.1. The van der Waals surface area contributed by atoms with Crippen molar-refractivity contribution >= 4 is 17.3 Å². The van der Waals surface area contributed by atoms with Crippen molar-refractivity contribution < 1.29 is 9.53 Å². The Morgan fingerprint density at radius 3 is 2.67 bits per heavy atom. The van der Waals surface area contributed by atoms with Gasteiger partial charge in [-0.1, -0.05) is 37.3 Å². The number of carbonyl (C=O) groups is 1. The van der Waals surface area contributed by atoms with Crippen molar-refractivity contribution in [1.82, 2.24) is 4.98 Å². The molecule has 3 nitrogen and oxygen atoms in total. The number of thiazole rings is 1. The molecule has 1 unspecified atom stereocenters. The Hall–Kier alpha value is -1.68. The highest BCUT2D eigenvalue weighted by Crippen LogP contribution is 2.31. The molecule has 1 heterocycles. The van der Waals surface area contributed by atoms with Gasteiger partial charge in [-0.15, -0.1) is 11.3 Å². The minimum absolute atomic E-state index is 0.198. The molecule has 1 aromatic carbocycles. The Labute approximate surface area is 110 Å². The first-order valence-corrected chi connectivity index (χ1v) is 6.74. The number of hydrogen-bond donors (Lipinski definition) is 0. The van der Waals surface area contributed by atoms with E-state index in [0.717, 1.165) is 16.1 Å². The maximum atomic E-state index is 11.6. The molecule has 0 aliphatic carbocycles. The molecular weight excluding hydrogens is 246 g/mol. The van der Waals surface area contributed by atoms with E-state index in [1.807, 2.05) is 37.3 Å². The quantitative estimate of drug-likeness (QED) is 0.791. The van der Waals surface area contributed by atoms with E-state index in [1.165, 1.54) is 11.3 Å². The van der Waals surface area contributed by atoms with Crippen molar-refractivity contribution in [2.75, 3.05) is 0 Å². The zero-order chi connectivity index (χ0) is 13.0. The average Bonchev–Trinajstić information content (AvgIpc) is 2.83. The Morgan fingerprint density at radius 2 is 2.11 bits per heavy atom. The predicted octanol–water partition coefficient (Wildman–Crippen LogP) is 3.49. The number of benzene rings is 1. The van der Waals surface area contributed by atoms with E-state index in [9.17, 15) is 4.79 Å². The van der Waals surface area contributed by atoms with E-state index in [2.05, 4.69) is 4.98 Å². The fourth-order valence-electron chi connectivity index (χ4n) is 1.68. The van der Waals surface area contributed by atoms with Gasteiger partial charge in [0.2, 0.25) is 0 Å². The molecule has 2 rings (SSSR count). The lowest BCUT2D eigenvalue weighted by Crippen LogP contribution is -2.11. The molecule has 2 aromatic rings. The van der Waals surface area contributed by atoms with Crippen molar-refractivity contribution in [3.63, 3.8) is 0 Å². The smallest absolute Gasteiger partial charge is 0.306 e. The van der Waals surface area contributed by atoms with Gasteiger partial charge in [0.1, 0.15) is 0 Å². The zero-order valence-corrected chi connectivity index (χ0v) is 11.2. The highest BCUT2D eigenvalue weighted by atomic mass is 32.1. The molecule has 4 heteroatoms. The first-order valence-electron chi connectivity index (χ1n) is 5.86. The summed E-state index contributed by atoms with van der Waals surface area (Å²) in [6.45, 7) is 3.73. The van der Waals surface area contributed by atoms with Gasteiger partial charge < -0.3 is 4.74 Å². The van der Waals surface area contributed by atoms with Gasteiger partial charge in [-0.2, -0.15) is 0 Å². The van der Waals surface area contributed by atoms with Crippen LogP contribution in [0.25, 0.3) is 0 Å². The maximum absolute atomic E-state index is 11.6. The molecular formula is C14H15NO2S. The van der Waals surface area contributed by atoms with Crippen molar-refractivity contribution in [3.8, 4) is 0 Å². The minimum Gasteiger partial charge on any atom is -0.452 e. The first kappa shape index (κ1) is 12.8. The van der Waals surface area contributed by atoms with Gasteiger partial charge in [0.25, 0.3) is 0 Å². The second kappa shape index (κ2) is 5.78. The molecule has 0 amide bonds. The van der Waals surface area contributed by atoms with E-state index in [-0.39, 0.29) is 12.1 Å². The van der Waals surface area contributed by atoms with Gasteiger partial charge in [0.15, 0.2) is 6.10 Å². The molecule has 0 spiro atoms. The van der Waals surface area contributed by atoms with Gasteiger partial charge in [0.05, 0.1) is 16.1 Å². The fraction of sp³-hybridized carbons (Fsp3) is 0.286. The summed E-state index contributed by atoms with van der Waals surface area (Å²) in [5, 5.41) is 0. The largest absolute Gasteiger partial charge is 0.452 e.